The van der Waals surface area contributed by atoms with Gasteiger partial charge in [0.15, 0.2) is 11.5 Å². The van der Waals surface area contributed by atoms with Gasteiger partial charge in [0.05, 0.1) is 0 Å². The smallest absolute Gasteiger partial charge is 0.402 e. The number of benzene rings is 1. The van der Waals surface area contributed by atoms with Crippen molar-refractivity contribution in [3.8, 4) is 11.5 Å². The number of alkyl halides is 6. The normalized spacial score (nSPS) is 20.1. The van der Waals surface area contributed by atoms with Gasteiger partial charge >= 0.3 is 12.7 Å². The largest absolute Gasteiger partial charge is 0.573 e. The van der Waals surface area contributed by atoms with Gasteiger partial charge in [-0.05, 0) is 51.4 Å². The van der Waals surface area contributed by atoms with Crippen LogP contribution in [0.4, 0.5) is 26.3 Å². The van der Waals surface area contributed by atoms with Crippen LogP contribution in [0, 0.1) is 5.92 Å². The van der Waals surface area contributed by atoms with Crippen LogP contribution in [0.5, 0.6) is 11.5 Å². The summed E-state index contributed by atoms with van der Waals surface area (Å²) in [5.41, 5.74) is 0. The minimum atomic E-state index is -5.08. The molecule has 0 heterocycles. The maximum Gasteiger partial charge on any atom is 0.573 e. The minimum absolute atomic E-state index is 0.717. The summed E-state index contributed by atoms with van der Waals surface area (Å²) in [6.45, 7) is 2.27. The van der Waals surface area contributed by atoms with Crippen LogP contribution < -0.4 is 9.47 Å². The summed E-state index contributed by atoms with van der Waals surface area (Å²) in [6.07, 6.45) is -1.57. The van der Waals surface area contributed by atoms with Crippen LogP contribution in [0.15, 0.2) is 36.4 Å². The first-order chi connectivity index (χ1) is 12.4. The van der Waals surface area contributed by atoms with E-state index in [1.165, 1.54) is 19.3 Å². The van der Waals surface area contributed by atoms with Crippen molar-refractivity contribution in [2.24, 2.45) is 5.92 Å². The molecule has 0 aliphatic heterocycles. The van der Waals surface area contributed by atoms with Crippen molar-refractivity contribution in [2.45, 2.75) is 45.0 Å². The highest BCUT2D eigenvalue weighted by Crippen LogP contribution is 2.35. The maximum absolute atomic E-state index is 11.8. The van der Waals surface area contributed by atoms with E-state index in [0.717, 1.165) is 24.1 Å². The molecule has 3 nitrogen and oxygen atoms in total. The van der Waals surface area contributed by atoms with Gasteiger partial charge in [-0.15, -0.1) is 26.3 Å². The Labute approximate surface area is 154 Å². The van der Waals surface area contributed by atoms with Gasteiger partial charge in [-0.2, -0.15) is 0 Å². The van der Waals surface area contributed by atoms with E-state index in [4.69, 9.17) is 0 Å². The first kappa shape index (κ1) is 23.1. The SMILES string of the molecule is CCC1C=CCCC1N(C)C.FC(F)(F)Oc1ccccc1OC(F)(F)F. The van der Waals surface area contributed by atoms with Gasteiger partial charge in [0.1, 0.15) is 0 Å². The van der Waals surface area contributed by atoms with E-state index in [-0.39, 0.29) is 0 Å². The molecule has 0 spiro atoms. The lowest BCUT2D eigenvalue weighted by molar-refractivity contribution is -0.287. The van der Waals surface area contributed by atoms with Crippen molar-refractivity contribution in [1.29, 1.82) is 0 Å². The zero-order valence-corrected chi connectivity index (χ0v) is 15.3. The molecular weight excluding hydrogens is 376 g/mol. The van der Waals surface area contributed by atoms with Crippen molar-refractivity contribution < 1.29 is 35.8 Å². The maximum atomic E-state index is 11.8. The monoisotopic (exact) mass is 399 g/mol. The van der Waals surface area contributed by atoms with Gasteiger partial charge in [0, 0.05) is 6.04 Å². The molecule has 2 rings (SSSR count). The molecule has 0 N–H and O–H groups in total. The standard InChI is InChI=1S/C10H19N.C8H4F6O2/c1-4-9-7-5-6-8-10(9)11(2)3;9-7(10,11)15-5-3-1-2-4-6(5)16-8(12,13)14/h5,7,9-10H,4,6,8H2,1-3H3;1-4H. The fourth-order valence-corrected chi connectivity index (χ4v) is 2.80. The highest BCUT2D eigenvalue weighted by molar-refractivity contribution is 5.39. The second-order valence-electron chi connectivity index (χ2n) is 6.15. The number of ether oxygens (including phenoxy) is 2. The molecule has 154 valence electrons. The van der Waals surface area contributed by atoms with Crippen LogP contribution in [-0.2, 0) is 0 Å². The van der Waals surface area contributed by atoms with Crippen molar-refractivity contribution >= 4 is 0 Å². The number of hydrogen-bond acceptors (Lipinski definition) is 3. The lowest BCUT2D eigenvalue weighted by Gasteiger charge is -2.32. The Morgan fingerprint density at radius 1 is 0.963 bits per heavy atom. The molecular formula is C18H23F6NO2. The third-order valence-electron chi connectivity index (χ3n) is 3.94. The molecule has 1 aliphatic rings. The average Bonchev–Trinajstić information content (AvgIpc) is 2.54. The van der Waals surface area contributed by atoms with E-state index in [0.29, 0.717) is 12.1 Å². The number of hydrogen-bond donors (Lipinski definition) is 0. The summed E-state index contributed by atoms with van der Waals surface area (Å²) in [7, 11) is 4.37. The molecule has 2 unspecified atom stereocenters. The summed E-state index contributed by atoms with van der Waals surface area (Å²) in [5.74, 6) is -1.31. The van der Waals surface area contributed by atoms with Gasteiger partial charge in [-0.1, -0.05) is 31.2 Å². The second kappa shape index (κ2) is 9.87. The van der Waals surface area contributed by atoms with Gasteiger partial charge < -0.3 is 14.4 Å². The molecule has 9 heteroatoms. The van der Waals surface area contributed by atoms with Crippen LogP contribution in [0.2, 0.25) is 0 Å². The van der Waals surface area contributed by atoms with E-state index < -0.39 is 24.2 Å². The van der Waals surface area contributed by atoms with Crippen LogP contribution in [-0.4, -0.2) is 37.8 Å². The summed E-state index contributed by atoms with van der Waals surface area (Å²) in [6, 6.07) is 4.39. The van der Waals surface area contributed by atoms with Gasteiger partial charge in [-0.25, -0.2) is 0 Å². The summed E-state index contributed by atoms with van der Waals surface area (Å²) < 4.78 is 77.5. The number of allylic oxidation sites excluding steroid dienone is 1. The van der Waals surface area contributed by atoms with E-state index in [2.05, 4.69) is 47.5 Å². The Balaban J connectivity index is 0.000000289. The van der Waals surface area contributed by atoms with E-state index in [1.54, 1.807) is 0 Å². The molecule has 0 saturated heterocycles. The third kappa shape index (κ3) is 9.03. The fourth-order valence-electron chi connectivity index (χ4n) is 2.80. The van der Waals surface area contributed by atoms with E-state index >= 15 is 0 Å². The molecule has 0 fully saturated rings. The van der Waals surface area contributed by atoms with Gasteiger partial charge in [0.25, 0.3) is 0 Å². The Kier molecular flexibility index (Phi) is 8.46. The first-order valence-corrected chi connectivity index (χ1v) is 8.36. The fraction of sp³-hybridized carbons (Fsp3) is 0.556. The number of rotatable bonds is 4. The summed E-state index contributed by atoms with van der Waals surface area (Å²) in [5, 5.41) is 0. The zero-order chi connectivity index (χ0) is 20.7. The summed E-state index contributed by atoms with van der Waals surface area (Å²) in [4.78, 5) is 2.36. The summed E-state index contributed by atoms with van der Waals surface area (Å²) >= 11 is 0. The quantitative estimate of drug-likeness (QED) is 0.474. The van der Waals surface area contributed by atoms with Crippen molar-refractivity contribution in [2.75, 3.05) is 14.1 Å². The van der Waals surface area contributed by atoms with Crippen LogP contribution >= 0.6 is 0 Å². The predicted molar refractivity (Wildman–Crippen MR) is 89.4 cm³/mol. The molecule has 1 aliphatic carbocycles. The van der Waals surface area contributed by atoms with Crippen LogP contribution in [0.1, 0.15) is 26.2 Å². The van der Waals surface area contributed by atoms with E-state index in [9.17, 15) is 26.3 Å². The number of nitrogens with zero attached hydrogens (tertiary/aromatic N) is 1. The molecule has 1 aromatic carbocycles. The molecule has 0 amide bonds. The lowest BCUT2D eigenvalue weighted by Crippen LogP contribution is -2.35. The molecule has 0 saturated carbocycles. The Morgan fingerprint density at radius 2 is 1.44 bits per heavy atom. The third-order valence-corrected chi connectivity index (χ3v) is 3.94. The average molecular weight is 399 g/mol. The van der Waals surface area contributed by atoms with Gasteiger partial charge in [0.2, 0.25) is 0 Å². The second-order valence-corrected chi connectivity index (χ2v) is 6.15. The van der Waals surface area contributed by atoms with Gasteiger partial charge in [-0.3, -0.25) is 0 Å². The Morgan fingerprint density at radius 3 is 1.78 bits per heavy atom. The predicted octanol–water partition coefficient (Wildman–Crippen LogP) is 5.78. The van der Waals surface area contributed by atoms with Crippen molar-refractivity contribution in [1.82, 2.24) is 4.90 Å². The highest BCUT2D eigenvalue weighted by Gasteiger charge is 2.36. The molecule has 0 aromatic heterocycles. The Bertz CT molecular complexity index is 563. The van der Waals surface area contributed by atoms with Crippen molar-refractivity contribution in [3.63, 3.8) is 0 Å². The highest BCUT2D eigenvalue weighted by atomic mass is 19.4. The zero-order valence-electron chi connectivity index (χ0n) is 15.3. The topological polar surface area (TPSA) is 21.7 Å². The first-order valence-electron chi connectivity index (χ1n) is 8.36. The minimum Gasteiger partial charge on any atom is -0.402 e. The molecule has 0 bridgehead atoms. The lowest BCUT2D eigenvalue weighted by atomic mass is 9.88. The molecule has 2 atom stereocenters. The van der Waals surface area contributed by atoms with Crippen LogP contribution in [0.3, 0.4) is 0 Å². The molecule has 1 aromatic rings. The van der Waals surface area contributed by atoms with Crippen molar-refractivity contribution in [3.05, 3.63) is 36.4 Å². The molecule has 0 radical (unpaired) electrons. The molecule has 27 heavy (non-hydrogen) atoms. The number of halogens is 6. The number of para-hydroxylation sites is 2. The Hall–Kier alpha value is -1.90. The van der Waals surface area contributed by atoms with E-state index in [1.807, 2.05) is 0 Å². The van der Waals surface area contributed by atoms with Crippen LogP contribution in [0.25, 0.3) is 0 Å².